The summed E-state index contributed by atoms with van der Waals surface area (Å²) >= 11 is 1.27. The fraction of sp³-hybridized carbons (Fsp3) is 0.727. The van der Waals surface area contributed by atoms with Gasteiger partial charge in [0.25, 0.3) is 0 Å². The average molecular weight is 392 g/mol. The Bertz CT molecular complexity index is 609. The van der Waals surface area contributed by atoms with Crippen LogP contribution in [-0.4, -0.2) is 45.0 Å². The molecule has 5 atom stereocenters. The first kappa shape index (κ1) is 22.2. The molecule has 0 saturated heterocycles. The van der Waals surface area contributed by atoms with Crippen LogP contribution in [0.2, 0.25) is 0 Å². The first-order valence-electron chi connectivity index (χ1n) is 10.1. The summed E-state index contributed by atoms with van der Waals surface area (Å²) in [6.07, 6.45) is 17.8. The third-order valence-corrected chi connectivity index (χ3v) is 6.50. The molecule has 0 aromatic heterocycles. The van der Waals surface area contributed by atoms with E-state index in [0.29, 0.717) is 12.8 Å². The maximum absolute atomic E-state index is 11.5. The van der Waals surface area contributed by atoms with Gasteiger partial charge in [-0.25, -0.2) is 0 Å². The van der Waals surface area contributed by atoms with Gasteiger partial charge in [-0.3, -0.25) is 9.79 Å². The van der Waals surface area contributed by atoms with E-state index in [4.69, 9.17) is 11.4 Å². The number of aliphatic imine (C=N–C) groups is 1. The molecule has 27 heavy (non-hydrogen) atoms. The molecule has 5 heteroatoms. The van der Waals surface area contributed by atoms with E-state index in [1.165, 1.54) is 11.8 Å². The van der Waals surface area contributed by atoms with E-state index in [9.17, 15) is 15.0 Å². The second kappa shape index (κ2) is 10.5. The van der Waals surface area contributed by atoms with E-state index in [1.807, 2.05) is 18.4 Å². The molecule has 2 aliphatic rings. The molecular weight excluding hydrogens is 358 g/mol. The van der Waals surface area contributed by atoms with E-state index in [-0.39, 0.29) is 17.0 Å². The van der Waals surface area contributed by atoms with Crippen molar-refractivity contribution in [1.82, 2.24) is 0 Å². The van der Waals surface area contributed by atoms with Gasteiger partial charge in [-0.15, -0.1) is 6.42 Å². The third kappa shape index (κ3) is 5.70. The molecule has 0 aromatic rings. The van der Waals surface area contributed by atoms with Crippen LogP contribution in [0.25, 0.3) is 0 Å². The number of terminal acetylenes is 1. The van der Waals surface area contributed by atoms with Crippen molar-refractivity contribution in [3.63, 3.8) is 0 Å². The van der Waals surface area contributed by atoms with Crippen LogP contribution in [0.5, 0.6) is 0 Å². The van der Waals surface area contributed by atoms with Crippen molar-refractivity contribution in [3.8, 4) is 12.3 Å². The Labute approximate surface area is 167 Å². The second-order valence-electron chi connectivity index (χ2n) is 7.78. The fourth-order valence-corrected chi connectivity index (χ4v) is 4.67. The van der Waals surface area contributed by atoms with Gasteiger partial charge in [0.15, 0.2) is 5.12 Å². The summed E-state index contributed by atoms with van der Waals surface area (Å²) in [5.41, 5.74) is 0.445. The maximum Gasteiger partial charge on any atom is 0.188 e. The van der Waals surface area contributed by atoms with Gasteiger partial charge >= 0.3 is 0 Å². The van der Waals surface area contributed by atoms with Crippen LogP contribution in [-0.2, 0) is 4.79 Å². The van der Waals surface area contributed by atoms with Crippen molar-refractivity contribution in [3.05, 3.63) is 12.2 Å². The number of aliphatic hydroxyl groups is 2. The topological polar surface area (TPSA) is 69.9 Å². The van der Waals surface area contributed by atoms with Crippen molar-refractivity contribution >= 4 is 22.6 Å². The minimum absolute atomic E-state index is 0.0732. The normalized spacial score (nSPS) is 30.9. The van der Waals surface area contributed by atoms with Gasteiger partial charge in [0, 0.05) is 30.4 Å². The van der Waals surface area contributed by atoms with Crippen molar-refractivity contribution < 1.29 is 15.0 Å². The number of thioether (sulfide) groups is 1. The molecule has 0 radical (unpaired) electrons. The molecule has 2 N–H and O–H groups in total. The zero-order valence-corrected chi connectivity index (χ0v) is 17.4. The van der Waals surface area contributed by atoms with Gasteiger partial charge in [0.1, 0.15) is 5.54 Å². The first-order valence-corrected chi connectivity index (χ1v) is 11.3. The molecule has 0 bridgehead atoms. The number of carbonyl (C=O) groups is 1. The predicted octanol–water partition coefficient (Wildman–Crippen LogP) is 3.76. The second-order valence-corrected chi connectivity index (χ2v) is 8.65. The molecule has 4 nitrogen and oxygen atoms in total. The zero-order valence-electron chi connectivity index (χ0n) is 16.6. The van der Waals surface area contributed by atoms with Crippen LogP contribution in [0, 0.1) is 24.2 Å². The molecule has 0 amide bonds. The lowest BCUT2D eigenvalue weighted by atomic mass is 9.82. The molecule has 2 rings (SSSR count). The lowest BCUT2D eigenvalue weighted by Gasteiger charge is -2.22. The van der Waals surface area contributed by atoms with Crippen LogP contribution in [0.4, 0.5) is 0 Å². The number of carbonyl (C=O) groups excluding carboxylic acids is 1. The number of nitrogens with zero attached hydrogens (tertiary/aromatic N) is 1. The van der Waals surface area contributed by atoms with Gasteiger partial charge in [-0.05, 0) is 31.9 Å². The Hall–Kier alpha value is -1.09. The molecule has 0 spiro atoms. The van der Waals surface area contributed by atoms with Crippen LogP contribution in [0.1, 0.15) is 64.7 Å². The number of rotatable bonds is 10. The van der Waals surface area contributed by atoms with E-state index in [2.05, 4.69) is 12.8 Å². The monoisotopic (exact) mass is 391 g/mol. The molecule has 1 aliphatic carbocycles. The summed E-state index contributed by atoms with van der Waals surface area (Å²) in [7, 11) is 0. The summed E-state index contributed by atoms with van der Waals surface area (Å²) in [5, 5.41) is 20.9. The summed E-state index contributed by atoms with van der Waals surface area (Å²) in [6.45, 7) is 2.14. The van der Waals surface area contributed by atoms with E-state index in [1.54, 1.807) is 0 Å². The standard InChI is InChI=1S/C22H33NO3S/c1-4-6-7-10-17(24)12-13-18-19-14-16(9-8-11-21(26)27-3)23-22(19,5-2)15-20(18)25/h2,12-13,17-20,24-25H,4,6-11,14-15H2,1,3H3/b13-12+/t17-,18?,19?,20?,22?/m0/s1. The van der Waals surface area contributed by atoms with Gasteiger partial charge < -0.3 is 10.2 Å². The number of hydrogen-bond acceptors (Lipinski definition) is 5. The molecular formula is C22H33NO3S. The number of aliphatic hydroxyl groups excluding tert-OH is 2. The molecule has 1 saturated carbocycles. The zero-order chi connectivity index (χ0) is 19.9. The maximum atomic E-state index is 11.5. The lowest BCUT2D eigenvalue weighted by Crippen LogP contribution is -2.27. The van der Waals surface area contributed by atoms with E-state index >= 15 is 0 Å². The average Bonchev–Trinajstić information content (AvgIpc) is 3.12. The molecule has 150 valence electrons. The van der Waals surface area contributed by atoms with Crippen LogP contribution < -0.4 is 0 Å². The van der Waals surface area contributed by atoms with E-state index < -0.39 is 17.7 Å². The highest BCUT2D eigenvalue weighted by atomic mass is 32.2. The highest BCUT2D eigenvalue weighted by Crippen LogP contribution is 2.49. The molecule has 1 heterocycles. The van der Waals surface area contributed by atoms with Crippen LogP contribution in [0.15, 0.2) is 17.1 Å². The molecule has 4 unspecified atom stereocenters. The Morgan fingerprint density at radius 1 is 1.48 bits per heavy atom. The Kier molecular flexibility index (Phi) is 8.60. The van der Waals surface area contributed by atoms with Crippen molar-refractivity contribution in [2.24, 2.45) is 16.8 Å². The lowest BCUT2D eigenvalue weighted by molar-refractivity contribution is -0.111. The van der Waals surface area contributed by atoms with E-state index in [0.717, 1.165) is 50.7 Å². The van der Waals surface area contributed by atoms with Gasteiger partial charge in [-0.2, -0.15) is 0 Å². The number of hydrogen-bond donors (Lipinski definition) is 2. The minimum atomic E-state index is -0.625. The highest BCUT2D eigenvalue weighted by molar-refractivity contribution is 8.13. The fourth-order valence-electron chi connectivity index (χ4n) is 4.32. The van der Waals surface area contributed by atoms with Gasteiger partial charge in [0.05, 0.1) is 12.2 Å². The third-order valence-electron chi connectivity index (χ3n) is 5.84. The van der Waals surface area contributed by atoms with Crippen molar-refractivity contribution in [2.45, 2.75) is 82.5 Å². The summed E-state index contributed by atoms with van der Waals surface area (Å²) < 4.78 is 0. The minimum Gasteiger partial charge on any atom is -0.392 e. The quantitative estimate of drug-likeness (QED) is 0.338. The number of unbranched alkanes of at least 4 members (excludes halogenated alkanes) is 2. The smallest absolute Gasteiger partial charge is 0.188 e. The number of fused-ring (bicyclic) bond motifs is 1. The van der Waals surface area contributed by atoms with Crippen LogP contribution >= 0.6 is 11.8 Å². The Morgan fingerprint density at radius 3 is 2.93 bits per heavy atom. The predicted molar refractivity (Wildman–Crippen MR) is 113 cm³/mol. The Balaban J connectivity index is 1.97. The van der Waals surface area contributed by atoms with Crippen molar-refractivity contribution in [1.29, 1.82) is 0 Å². The molecule has 1 fully saturated rings. The van der Waals surface area contributed by atoms with Gasteiger partial charge in [0.2, 0.25) is 0 Å². The molecule has 0 aromatic carbocycles. The SMILES string of the molecule is C#CC12CC(O)C(/C=C/[C@@H](O)CCCCC)C1CC(CCCC(=O)SC)=N2. The van der Waals surface area contributed by atoms with Crippen molar-refractivity contribution in [2.75, 3.05) is 6.26 Å². The summed E-state index contributed by atoms with van der Waals surface area (Å²) in [5.74, 6) is 2.87. The largest absolute Gasteiger partial charge is 0.392 e. The first-order chi connectivity index (χ1) is 13.0. The molecule has 1 aliphatic heterocycles. The summed E-state index contributed by atoms with van der Waals surface area (Å²) in [4.78, 5) is 16.3. The summed E-state index contributed by atoms with van der Waals surface area (Å²) in [6, 6.07) is 0. The highest BCUT2D eigenvalue weighted by Gasteiger charge is 2.54. The Morgan fingerprint density at radius 2 is 2.26 bits per heavy atom. The van der Waals surface area contributed by atoms with Gasteiger partial charge in [-0.1, -0.05) is 56.0 Å². The van der Waals surface area contributed by atoms with Crippen LogP contribution in [0.3, 0.4) is 0 Å².